The quantitative estimate of drug-likeness (QED) is 0.394. The molecule has 0 saturated heterocycles. The molecule has 5 rings (SSSR count). The second kappa shape index (κ2) is 6.90. The first kappa shape index (κ1) is 18.2. The SMILES string of the molecule is O=C1c2oc3ccc(Br)cc3c(=O)c2[C@H](c2cccc(Cl)c2)N1Cc1ccco1. The van der Waals surface area contributed by atoms with Gasteiger partial charge < -0.3 is 13.7 Å². The number of halogens is 2. The van der Waals surface area contributed by atoms with Crippen LogP contribution in [0.3, 0.4) is 0 Å². The highest BCUT2D eigenvalue weighted by Gasteiger charge is 2.43. The molecule has 4 aromatic rings. The van der Waals surface area contributed by atoms with Crippen molar-refractivity contribution < 1.29 is 13.6 Å². The van der Waals surface area contributed by atoms with Crippen molar-refractivity contribution in [1.82, 2.24) is 4.90 Å². The van der Waals surface area contributed by atoms with Crippen molar-refractivity contribution in [3.63, 3.8) is 0 Å². The van der Waals surface area contributed by atoms with E-state index in [0.717, 1.165) is 10.0 Å². The highest BCUT2D eigenvalue weighted by Crippen LogP contribution is 2.39. The number of carbonyl (C=O) groups is 1. The third-order valence-corrected chi connectivity index (χ3v) is 5.73. The predicted octanol–water partition coefficient (Wildman–Crippen LogP) is 5.55. The van der Waals surface area contributed by atoms with Crippen LogP contribution in [0.25, 0.3) is 11.0 Å². The molecule has 0 unspecified atom stereocenters. The monoisotopic (exact) mass is 469 g/mol. The molecule has 2 aromatic carbocycles. The third-order valence-electron chi connectivity index (χ3n) is 5.00. The zero-order chi connectivity index (χ0) is 20.1. The Labute approximate surface area is 178 Å². The summed E-state index contributed by atoms with van der Waals surface area (Å²) < 4.78 is 12.1. The highest BCUT2D eigenvalue weighted by atomic mass is 79.9. The molecule has 3 heterocycles. The first-order valence-corrected chi connectivity index (χ1v) is 10.0. The molecule has 5 nitrogen and oxygen atoms in total. The van der Waals surface area contributed by atoms with Gasteiger partial charge in [-0.2, -0.15) is 0 Å². The molecular formula is C22H13BrClNO4. The number of carbonyl (C=O) groups excluding carboxylic acids is 1. The molecule has 7 heteroatoms. The summed E-state index contributed by atoms with van der Waals surface area (Å²) in [6, 6.07) is 15.2. The van der Waals surface area contributed by atoms with Crippen molar-refractivity contribution >= 4 is 44.4 Å². The second-order valence-electron chi connectivity index (χ2n) is 6.78. The summed E-state index contributed by atoms with van der Waals surface area (Å²) in [5.41, 5.74) is 1.19. The van der Waals surface area contributed by atoms with E-state index >= 15 is 0 Å². The molecule has 0 N–H and O–H groups in total. The molecule has 0 spiro atoms. The number of hydrogen-bond donors (Lipinski definition) is 0. The summed E-state index contributed by atoms with van der Waals surface area (Å²) in [5, 5.41) is 0.937. The molecule has 1 amide bonds. The van der Waals surface area contributed by atoms with Gasteiger partial charge in [-0.25, -0.2) is 0 Å². The third kappa shape index (κ3) is 2.99. The Bertz CT molecular complexity index is 1310. The van der Waals surface area contributed by atoms with Gasteiger partial charge in [-0.15, -0.1) is 0 Å². The van der Waals surface area contributed by atoms with E-state index in [1.165, 1.54) is 0 Å². The van der Waals surface area contributed by atoms with Crippen LogP contribution >= 0.6 is 27.5 Å². The minimum absolute atomic E-state index is 0.0568. The fourth-order valence-electron chi connectivity index (χ4n) is 3.75. The largest absolute Gasteiger partial charge is 0.467 e. The molecule has 29 heavy (non-hydrogen) atoms. The average Bonchev–Trinajstić information content (AvgIpc) is 3.31. The average molecular weight is 471 g/mol. The molecule has 0 fully saturated rings. The van der Waals surface area contributed by atoms with E-state index in [2.05, 4.69) is 15.9 Å². The Balaban J connectivity index is 1.77. The topological polar surface area (TPSA) is 63.7 Å². The summed E-state index contributed by atoms with van der Waals surface area (Å²) in [5.74, 6) is 0.308. The van der Waals surface area contributed by atoms with E-state index in [4.69, 9.17) is 20.4 Å². The van der Waals surface area contributed by atoms with Gasteiger partial charge in [0.05, 0.1) is 29.8 Å². The fraction of sp³-hybridized carbons (Fsp3) is 0.0909. The van der Waals surface area contributed by atoms with Crippen LogP contribution in [0.15, 0.2) is 79.0 Å². The Kier molecular flexibility index (Phi) is 4.33. The van der Waals surface area contributed by atoms with Crippen LogP contribution in [0, 0.1) is 0 Å². The first-order valence-electron chi connectivity index (χ1n) is 8.88. The van der Waals surface area contributed by atoms with Gasteiger partial charge in [-0.1, -0.05) is 39.7 Å². The van der Waals surface area contributed by atoms with E-state index in [1.54, 1.807) is 59.7 Å². The number of fused-ring (bicyclic) bond motifs is 2. The predicted molar refractivity (Wildman–Crippen MR) is 112 cm³/mol. The number of nitrogens with zero attached hydrogens (tertiary/aromatic N) is 1. The maximum atomic E-state index is 13.4. The van der Waals surface area contributed by atoms with Gasteiger partial charge in [0.15, 0.2) is 5.43 Å². The number of rotatable bonds is 3. The molecule has 0 radical (unpaired) electrons. The number of furan rings is 1. The number of benzene rings is 2. The van der Waals surface area contributed by atoms with Gasteiger partial charge in [-0.3, -0.25) is 9.59 Å². The van der Waals surface area contributed by atoms with Crippen LogP contribution in [0.1, 0.15) is 33.5 Å². The maximum Gasteiger partial charge on any atom is 0.291 e. The summed E-state index contributed by atoms with van der Waals surface area (Å²) >= 11 is 9.60. The Morgan fingerprint density at radius 3 is 2.69 bits per heavy atom. The molecule has 0 bridgehead atoms. The van der Waals surface area contributed by atoms with E-state index < -0.39 is 6.04 Å². The van der Waals surface area contributed by atoms with Crippen molar-refractivity contribution in [2.24, 2.45) is 0 Å². The molecule has 144 valence electrons. The maximum absolute atomic E-state index is 13.4. The van der Waals surface area contributed by atoms with Crippen LogP contribution in [0.4, 0.5) is 0 Å². The molecular weight excluding hydrogens is 458 g/mol. The second-order valence-corrected chi connectivity index (χ2v) is 8.14. The van der Waals surface area contributed by atoms with Crippen LogP contribution in [0.5, 0.6) is 0 Å². The van der Waals surface area contributed by atoms with Crippen molar-refractivity contribution in [3.05, 3.63) is 103 Å². The van der Waals surface area contributed by atoms with Crippen molar-refractivity contribution in [2.75, 3.05) is 0 Å². The Morgan fingerprint density at radius 2 is 1.93 bits per heavy atom. The van der Waals surface area contributed by atoms with Crippen molar-refractivity contribution in [1.29, 1.82) is 0 Å². The molecule has 1 atom stereocenters. The lowest BCUT2D eigenvalue weighted by atomic mass is 9.98. The standard InChI is InChI=1S/C22H13BrClNO4/c23-13-6-7-17-16(10-13)20(26)18-19(12-3-1-4-14(24)9-12)25(22(27)21(18)29-17)11-15-5-2-8-28-15/h1-10,19H,11H2/t19-/m0/s1. The van der Waals surface area contributed by atoms with E-state index in [1.807, 2.05) is 6.07 Å². The molecule has 0 aliphatic carbocycles. The summed E-state index contributed by atoms with van der Waals surface area (Å²) in [7, 11) is 0. The number of hydrogen-bond acceptors (Lipinski definition) is 4. The molecule has 1 aliphatic rings. The van der Waals surface area contributed by atoms with E-state index in [9.17, 15) is 9.59 Å². The fourth-order valence-corrected chi connectivity index (χ4v) is 4.31. The van der Waals surface area contributed by atoms with Crippen LogP contribution < -0.4 is 5.43 Å². The van der Waals surface area contributed by atoms with Crippen molar-refractivity contribution in [3.8, 4) is 0 Å². The zero-order valence-electron chi connectivity index (χ0n) is 14.9. The van der Waals surface area contributed by atoms with Gasteiger partial charge in [0.25, 0.3) is 5.91 Å². The Morgan fingerprint density at radius 1 is 1.07 bits per heavy atom. The van der Waals surface area contributed by atoms with Crippen LogP contribution in [0.2, 0.25) is 5.02 Å². The van der Waals surface area contributed by atoms with Gasteiger partial charge in [0.1, 0.15) is 11.3 Å². The van der Waals surface area contributed by atoms with Gasteiger partial charge in [0.2, 0.25) is 5.76 Å². The molecule has 0 saturated carbocycles. The van der Waals surface area contributed by atoms with E-state index in [-0.39, 0.29) is 23.6 Å². The van der Waals surface area contributed by atoms with Gasteiger partial charge in [0, 0.05) is 9.50 Å². The summed E-state index contributed by atoms with van der Waals surface area (Å²) in [6.45, 7) is 0.201. The van der Waals surface area contributed by atoms with E-state index in [0.29, 0.717) is 27.3 Å². The van der Waals surface area contributed by atoms with Crippen molar-refractivity contribution in [2.45, 2.75) is 12.6 Å². The van der Waals surface area contributed by atoms with Gasteiger partial charge >= 0.3 is 0 Å². The van der Waals surface area contributed by atoms with Crippen LogP contribution in [-0.4, -0.2) is 10.8 Å². The lowest BCUT2D eigenvalue weighted by molar-refractivity contribution is 0.0701. The summed E-state index contributed by atoms with van der Waals surface area (Å²) in [6.07, 6.45) is 1.55. The lowest BCUT2D eigenvalue weighted by Crippen LogP contribution is -2.29. The zero-order valence-corrected chi connectivity index (χ0v) is 17.2. The Hall–Kier alpha value is -2.83. The smallest absolute Gasteiger partial charge is 0.291 e. The van der Waals surface area contributed by atoms with Gasteiger partial charge in [-0.05, 0) is 48.0 Å². The summed E-state index contributed by atoms with van der Waals surface area (Å²) in [4.78, 5) is 28.3. The lowest BCUT2D eigenvalue weighted by Gasteiger charge is -2.24. The first-order chi connectivity index (χ1) is 14.0. The number of amides is 1. The van der Waals surface area contributed by atoms with Crippen LogP contribution in [-0.2, 0) is 6.54 Å². The minimum Gasteiger partial charge on any atom is -0.467 e. The minimum atomic E-state index is -0.624. The molecule has 1 aliphatic heterocycles. The normalized spacial score (nSPS) is 15.9. The highest BCUT2D eigenvalue weighted by molar-refractivity contribution is 9.10. The molecule has 2 aromatic heterocycles.